The highest BCUT2D eigenvalue weighted by atomic mass is 16.1. The molecule has 0 aliphatic heterocycles. The third-order valence-electron chi connectivity index (χ3n) is 3.36. The average Bonchev–Trinajstić information content (AvgIpc) is 2.17. The number of nitrogens with zero attached hydrogens (tertiary/aromatic N) is 2. The smallest absolute Gasteiger partial charge is 0.211 e. The minimum absolute atomic E-state index is 0.0294. The largest absolute Gasteiger partial charge is 0.235 e. The fraction of sp³-hybridized carbons (Fsp3) is 0.833. The van der Waals surface area contributed by atoms with E-state index in [4.69, 9.17) is 0 Å². The minimum atomic E-state index is -0.0617. The fourth-order valence-electron chi connectivity index (χ4n) is 2.54. The van der Waals surface area contributed by atoms with Crippen LogP contribution in [0.25, 0.3) is 0 Å². The Morgan fingerprint density at radius 3 is 2.19 bits per heavy atom. The molecule has 3 unspecified atom stereocenters. The van der Waals surface area contributed by atoms with Gasteiger partial charge in [-0.3, -0.25) is 0 Å². The van der Waals surface area contributed by atoms with Crippen molar-refractivity contribution in [2.45, 2.75) is 52.1 Å². The van der Waals surface area contributed by atoms with Gasteiger partial charge < -0.3 is 0 Å². The van der Waals surface area contributed by atoms with Crippen LogP contribution in [0.5, 0.6) is 0 Å². The van der Waals surface area contributed by atoms with Gasteiger partial charge in [-0.15, -0.1) is 0 Å². The Bertz CT molecular complexity index is 333. The summed E-state index contributed by atoms with van der Waals surface area (Å²) in [5, 5.41) is 0. The zero-order valence-corrected chi connectivity index (χ0v) is 10.1. The van der Waals surface area contributed by atoms with Crippen molar-refractivity contribution in [3.8, 4) is 0 Å². The fourth-order valence-corrected chi connectivity index (χ4v) is 2.54. The molecular formula is C12H18N2O2. The SMILES string of the molecule is CC(C)(C)C1CCC(N=C=O)CC1N=C=O. The molecule has 3 atom stereocenters. The molecular weight excluding hydrogens is 204 g/mol. The first kappa shape index (κ1) is 12.8. The van der Waals surface area contributed by atoms with Crippen molar-refractivity contribution >= 4 is 12.2 Å². The summed E-state index contributed by atoms with van der Waals surface area (Å²) in [7, 11) is 0. The lowest BCUT2D eigenvalue weighted by Crippen LogP contribution is -2.37. The summed E-state index contributed by atoms with van der Waals surface area (Å²) in [6.45, 7) is 6.44. The van der Waals surface area contributed by atoms with Crippen molar-refractivity contribution in [1.82, 2.24) is 0 Å². The normalized spacial score (nSPS) is 30.1. The predicted molar refractivity (Wildman–Crippen MR) is 60.6 cm³/mol. The number of rotatable bonds is 2. The van der Waals surface area contributed by atoms with Crippen molar-refractivity contribution in [2.24, 2.45) is 21.3 Å². The standard InChI is InChI=1S/C12H18N2O2/c1-12(2,3)10-5-4-9(13-7-15)6-11(10)14-8-16/h9-11H,4-6H2,1-3H3. The summed E-state index contributed by atoms with van der Waals surface area (Å²) in [5.41, 5.74) is 0.112. The van der Waals surface area contributed by atoms with Crippen LogP contribution >= 0.6 is 0 Å². The number of isocyanates is 2. The van der Waals surface area contributed by atoms with Crippen LogP contribution in [0.15, 0.2) is 9.98 Å². The van der Waals surface area contributed by atoms with Gasteiger partial charge in [-0.2, -0.15) is 0 Å². The molecule has 0 spiro atoms. The summed E-state index contributed by atoms with van der Waals surface area (Å²) in [6.07, 6.45) is 5.70. The van der Waals surface area contributed by atoms with E-state index < -0.39 is 0 Å². The molecule has 4 nitrogen and oxygen atoms in total. The first-order chi connectivity index (χ1) is 7.49. The van der Waals surface area contributed by atoms with E-state index in [-0.39, 0.29) is 17.5 Å². The topological polar surface area (TPSA) is 58.9 Å². The molecule has 0 heterocycles. The third-order valence-corrected chi connectivity index (χ3v) is 3.36. The van der Waals surface area contributed by atoms with Gasteiger partial charge in [-0.25, -0.2) is 19.6 Å². The maximum absolute atomic E-state index is 10.4. The van der Waals surface area contributed by atoms with Crippen LogP contribution in [0, 0.1) is 11.3 Å². The van der Waals surface area contributed by atoms with E-state index in [0.29, 0.717) is 12.3 Å². The highest BCUT2D eigenvalue weighted by molar-refractivity contribution is 5.35. The summed E-state index contributed by atoms with van der Waals surface area (Å²) in [6, 6.07) is -0.0912. The molecule has 0 radical (unpaired) electrons. The Labute approximate surface area is 95.9 Å². The van der Waals surface area contributed by atoms with Gasteiger partial charge in [0.05, 0.1) is 12.1 Å². The Morgan fingerprint density at radius 2 is 1.69 bits per heavy atom. The van der Waals surface area contributed by atoms with Gasteiger partial charge in [0.2, 0.25) is 12.2 Å². The molecule has 0 N–H and O–H groups in total. The monoisotopic (exact) mass is 222 g/mol. The molecule has 1 aliphatic rings. The van der Waals surface area contributed by atoms with Gasteiger partial charge >= 0.3 is 0 Å². The summed E-state index contributed by atoms with van der Waals surface area (Å²) in [5.74, 6) is 0.354. The Hall–Kier alpha value is -1.24. The van der Waals surface area contributed by atoms with Crippen LogP contribution in [-0.2, 0) is 9.59 Å². The van der Waals surface area contributed by atoms with Gasteiger partial charge in [-0.1, -0.05) is 20.8 Å². The van der Waals surface area contributed by atoms with Gasteiger partial charge in [0.25, 0.3) is 0 Å². The van der Waals surface area contributed by atoms with Crippen molar-refractivity contribution in [3.05, 3.63) is 0 Å². The van der Waals surface area contributed by atoms with Crippen molar-refractivity contribution in [1.29, 1.82) is 0 Å². The van der Waals surface area contributed by atoms with E-state index in [2.05, 4.69) is 30.8 Å². The first-order valence-electron chi connectivity index (χ1n) is 5.63. The lowest BCUT2D eigenvalue weighted by atomic mass is 9.69. The quantitative estimate of drug-likeness (QED) is 0.531. The molecule has 0 aromatic carbocycles. The zero-order chi connectivity index (χ0) is 12.2. The second kappa shape index (κ2) is 5.20. The molecule has 0 aromatic rings. The van der Waals surface area contributed by atoms with Crippen molar-refractivity contribution in [2.75, 3.05) is 0 Å². The third kappa shape index (κ3) is 3.13. The van der Waals surface area contributed by atoms with E-state index >= 15 is 0 Å². The minimum Gasteiger partial charge on any atom is -0.211 e. The summed E-state index contributed by atoms with van der Waals surface area (Å²) in [4.78, 5) is 28.2. The molecule has 88 valence electrons. The van der Waals surface area contributed by atoms with E-state index in [1.165, 1.54) is 0 Å². The molecule has 0 aromatic heterocycles. The van der Waals surface area contributed by atoms with Crippen molar-refractivity contribution in [3.63, 3.8) is 0 Å². The van der Waals surface area contributed by atoms with E-state index in [9.17, 15) is 9.59 Å². The second-order valence-corrected chi connectivity index (χ2v) is 5.45. The highest BCUT2D eigenvalue weighted by Gasteiger charge is 2.37. The molecule has 1 rings (SSSR count). The zero-order valence-electron chi connectivity index (χ0n) is 10.1. The molecule has 1 saturated carbocycles. The number of hydrogen-bond acceptors (Lipinski definition) is 4. The van der Waals surface area contributed by atoms with E-state index in [1.807, 2.05) is 0 Å². The number of carbonyl (C=O) groups excluding carboxylic acids is 2. The maximum atomic E-state index is 10.4. The molecule has 1 fully saturated rings. The molecule has 0 bridgehead atoms. The van der Waals surface area contributed by atoms with Crippen LogP contribution in [0.1, 0.15) is 40.0 Å². The van der Waals surface area contributed by atoms with Gasteiger partial charge in [-0.05, 0) is 30.6 Å². The van der Waals surface area contributed by atoms with Gasteiger partial charge in [0.1, 0.15) is 0 Å². The molecule has 1 aliphatic carbocycles. The predicted octanol–water partition coefficient (Wildman–Crippen LogP) is 2.24. The van der Waals surface area contributed by atoms with Crippen LogP contribution in [-0.4, -0.2) is 24.2 Å². The number of aliphatic imine (C=N–C) groups is 2. The lowest BCUT2D eigenvalue weighted by Gasteiger charge is -2.39. The summed E-state index contributed by atoms with van der Waals surface area (Å²) < 4.78 is 0. The molecule has 16 heavy (non-hydrogen) atoms. The Balaban J connectivity index is 2.82. The Morgan fingerprint density at radius 1 is 1.06 bits per heavy atom. The van der Waals surface area contributed by atoms with Crippen molar-refractivity contribution < 1.29 is 9.59 Å². The van der Waals surface area contributed by atoms with Crippen LogP contribution in [0.4, 0.5) is 0 Å². The molecule has 4 heteroatoms. The van der Waals surface area contributed by atoms with Crippen LogP contribution in [0.3, 0.4) is 0 Å². The first-order valence-corrected chi connectivity index (χ1v) is 5.63. The average molecular weight is 222 g/mol. The number of hydrogen-bond donors (Lipinski definition) is 0. The molecule has 0 amide bonds. The van der Waals surface area contributed by atoms with Crippen LogP contribution in [0.2, 0.25) is 0 Å². The van der Waals surface area contributed by atoms with Crippen LogP contribution < -0.4 is 0 Å². The lowest BCUT2D eigenvalue weighted by molar-refractivity contribution is 0.145. The van der Waals surface area contributed by atoms with E-state index in [1.54, 1.807) is 12.2 Å². The molecule has 0 saturated heterocycles. The van der Waals surface area contributed by atoms with Gasteiger partial charge in [0.15, 0.2) is 0 Å². The maximum Gasteiger partial charge on any atom is 0.235 e. The second-order valence-electron chi connectivity index (χ2n) is 5.45. The van der Waals surface area contributed by atoms with Gasteiger partial charge in [0, 0.05) is 0 Å². The summed E-state index contributed by atoms with van der Waals surface area (Å²) >= 11 is 0. The Kier molecular flexibility index (Phi) is 4.17. The van der Waals surface area contributed by atoms with E-state index in [0.717, 1.165) is 12.8 Å². The highest BCUT2D eigenvalue weighted by Crippen LogP contribution is 2.40.